The standard InChI is InChI=1S/C46H34N6O6/c53-41-37-19-9-21-39(51-37)43(55)49-25-45-33-15-5-7-17-35(33)46(58-57-45,36-18-8-6-16-34(36)45)26-50-44(56)40-22-10-20-38(52-40)42(54)48-24-32-28-12-2-1-11-27(28)31(23-47-41)29-13-3-4-14-30(29)32/h1-22H,23-26H2,(H,47,53)(H,48,54)(H,49,55)(H,50,56). The maximum atomic E-state index is 13.8. The van der Waals surface area contributed by atoms with Gasteiger partial charge in [0.05, 0.1) is 13.1 Å². The molecule has 4 aliphatic rings. The Balaban J connectivity index is 1.07. The Labute approximate surface area is 331 Å². The van der Waals surface area contributed by atoms with Crippen LogP contribution in [-0.4, -0.2) is 46.7 Å². The van der Waals surface area contributed by atoms with Gasteiger partial charge in [-0.15, -0.1) is 0 Å². The van der Waals surface area contributed by atoms with Crippen LogP contribution in [0.5, 0.6) is 0 Å². The second-order valence-electron chi connectivity index (χ2n) is 14.5. The minimum absolute atomic E-state index is 0.0324. The summed E-state index contributed by atoms with van der Waals surface area (Å²) in [6.45, 7) is 0.276. The number of fused-ring (bicyclic) bond motifs is 7. The molecular formula is C46H34N6O6. The minimum atomic E-state index is -1.25. The lowest BCUT2D eigenvalue weighted by Gasteiger charge is -2.53. The van der Waals surface area contributed by atoms with Crippen molar-refractivity contribution in [1.82, 2.24) is 31.2 Å². The lowest BCUT2D eigenvalue weighted by Crippen LogP contribution is -2.59. The predicted octanol–water partition coefficient (Wildman–Crippen LogP) is 5.58. The zero-order valence-corrected chi connectivity index (χ0v) is 30.9. The summed E-state index contributed by atoms with van der Waals surface area (Å²) in [5, 5.41) is 15.7. The van der Waals surface area contributed by atoms with Gasteiger partial charge < -0.3 is 21.3 Å². The van der Waals surface area contributed by atoms with Crippen molar-refractivity contribution >= 4 is 45.2 Å². The molecule has 0 atom stereocenters. The highest BCUT2D eigenvalue weighted by Gasteiger charge is 2.59. The summed E-state index contributed by atoms with van der Waals surface area (Å²) in [4.78, 5) is 76.6. The third-order valence-corrected chi connectivity index (χ3v) is 11.4. The molecule has 4 amide bonds. The molecule has 0 saturated heterocycles. The van der Waals surface area contributed by atoms with Crippen LogP contribution in [0.3, 0.4) is 0 Å². The van der Waals surface area contributed by atoms with Gasteiger partial charge in [0.1, 0.15) is 22.8 Å². The van der Waals surface area contributed by atoms with E-state index in [1.54, 1.807) is 36.4 Å². The smallest absolute Gasteiger partial charge is 0.270 e. The quantitative estimate of drug-likeness (QED) is 0.115. The van der Waals surface area contributed by atoms with Crippen LogP contribution in [-0.2, 0) is 34.1 Å². The average Bonchev–Trinajstić information content (AvgIpc) is 3.28. The zero-order valence-electron chi connectivity index (χ0n) is 30.9. The molecule has 5 heterocycles. The number of benzene rings is 5. The van der Waals surface area contributed by atoms with Gasteiger partial charge in [-0.05, 0) is 79.2 Å². The molecular weight excluding hydrogens is 733 g/mol. The lowest BCUT2D eigenvalue weighted by molar-refractivity contribution is -0.425. The van der Waals surface area contributed by atoms with E-state index in [2.05, 4.69) is 31.2 Å². The summed E-state index contributed by atoms with van der Waals surface area (Å²) < 4.78 is 0. The number of nitrogens with one attached hydrogen (secondary N) is 4. The van der Waals surface area contributed by atoms with Gasteiger partial charge in [-0.1, -0.05) is 109 Å². The minimum Gasteiger partial charge on any atom is -0.347 e. The molecule has 5 aromatic carbocycles. The molecule has 7 aromatic rings. The van der Waals surface area contributed by atoms with E-state index in [0.29, 0.717) is 0 Å². The Kier molecular flexibility index (Phi) is 8.32. The molecule has 8 bridgehead atoms. The summed E-state index contributed by atoms with van der Waals surface area (Å²) in [5.74, 6) is -1.91. The van der Waals surface area contributed by atoms with E-state index in [-0.39, 0.29) is 49.0 Å². The number of pyridine rings is 2. The largest absolute Gasteiger partial charge is 0.347 e. The summed E-state index contributed by atoms with van der Waals surface area (Å²) in [6, 6.07) is 40.3. The maximum Gasteiger partial charge on any atom is 0.270 e. The summed E-state index contributed by atoms with van der Waals surface area (Å²) >= 11 is 0. The van der Waals surface area contributed by atoms with E-state index in [9.17, 15) is 19.2 Å². The van der Waals surface area contributed by atoms with Gasteiger partial charge in [0.2, 0.25) is 0 Å². The Morgan fingerprint density at radius 3 is 1.00 bits per heavy atom. The second-order valence-corrected chi connectivity index (χ2v) is 14.5. The molecule has 0 saturated carbocycles. The molecule has 3 aliphatic heterocycles. The molecule has 0 fully saturated rings. The molecule has 4 N–H and O–H groups in total. The van der Waals surface area contributed by atoms with Crippen molar-refractivity contribution in [2.45, 2.75) is 24.3 Å². The number of aromatic nitrogens is 2. The molecule has 58 heavy (non-hydrogen) atoms. The van der Waals surface area contributed by atoms with E-state index < -0.39 is 34.8 Å². The molecule has 284 valence electrons. The number of rotatable bonds is 0. The topological polar surface area (TPSA) is 161 Å². The van der Waals surface area contributed by atoms with E-state index >= 15 is 0 Å². The highest BCUT2D eigenvalue weighted by molar-refractivity contribution is 6.07. The molecule has 2 aromatic heterocycles. The molecule has 12 nitrogen and oxygen atoms in total. The van der Waals surface area contributed by atoms with Crippen LogP contribution < -0.4 is 21.3 Å². The van der Waals surface area contributed by atoms with E-state index in [0.717, 1.165) is 54.9 Å². The van der Waals surface area contributed by atoms with Crippen LogP contribution in [0.4, 0.5) is 0 Å². The van der Waals surface area contributed by atoms with Gasteiger partial charge in [-0.3, -0.25) is 19.2 Å². The Morgan fingerprint density at radius 1 is 0.379 bits per heavy atom. The fourth-order valence-electron chi connectivity index (χ4n) is 8.60. The van der Waals surface area contributed by atoms with Gasteiger partial charge >= 0.3 is 0 Å². The zero-order chi connectivity index (χ0) is 39.4. The van der Waals surface area contributed by atoms with Crippen LogP contribution in [0.15, 0.2) is 133 Å². The van der Waals surface area contributed by atoms with Crippen LogP contribution in [0, 0.1) is 0 Å². The van der Waals surface area contributed by atoms with Crippen molar-refractivity contribution in [3.63, 3.8) is 0 Å². The fraction of sp³-hybridized carbons (Fsp3) is 0.130. The highest BCUT2D eigenvalue weighted by atomic mass is 17.2. The second kappa shape index (κ2) is 13.7. The number of carbonyl (C=O) groups excluding carboxylic acids is 4. The maximum absolute atomic E-state index is 13.8. The van der Waals surface area contributed by atoms with Crippen LogP contribution in [0.25, 0.3) is 21.5 Å². The lowest BCUT2D eigenvalue weighted by atomic mass is 9.66. The predicted molar refractivity (Wildman–Crippen MR) is 214 cm³/mol. The Bertz CT molecular complexity index is 2580. The third kappa shape index (κ3) is 5.52. The summed E-state index contributed by atoms with van der Waals surface area (Å²) in [5.41, 5.74) is 2.54. The highest BCUT2D eigenvalue weighted by Crippen LogP contribution is 2.56. The monoisotopic (exact) mass is 766 g/mol. The average molecular weight is 767 g/mol. The summed E-state index contributed by atoms with van der Waals surface area (Å²) in [7, 11) is 0. The third-order valence-electron chi connectivity index (χ3n) is 11.4. The molecule has 1 aliphatic carbocycles. The van der Waals surface area contributed by atoms with E-state index in [4.69, 9.17) is 9.78 Å². The molecule has 12 heteroatoms. The normalized spacial score (nSPS) is 20.5. The Hall–Kier alpha value is -7.28. The first kappa shape index (κ1) is 35.2. The van der Waals surface area contributed by atoms with Crippen molar-refractivity contribution in [1.29, 1.82) is 0 Å². The van der Waals surface area contributed by atoms with E-state index in [1.807, 2.05) is 97.1 Å². The molecule has 0 radical (unpaired) electrons. The first-order valence-corrected chi connectivity index (χ1v) is 18.9. The molecule has 0 spiro atoms. The van der Waals surface area contributed by atoms with Crippen LogP contribution in [0.2, 0.25) is 0 Å². The first-order valence-electron chi connectivity index (χ1n) is 18.9. The number of carbonyl (C=O) groups is 4. The van der Waals surface area contributed by atoms with Crippen LogP contribution in [0.1, 0.15) is 75.3 Å². The Morgan fingerprint density at radius 2 is 0.672 bits per heavy atom. The number of amides is 4. The fourth-order valence-corrected chi connectivity index (χ4v) is 8.60. The van der Waals surface area contributed by atoms with Crippen molar-refractivity contribution in [2.75, 3.05) is 13.1 Å². The summed E-state index contributed by atoms with van der Waals surface area (Å²) in [6.07, 6.45) is 0. The molecule has 11 rings (SSSR count). The van der Waals surface area contributed by atoms with Gasteiger partial charge in [-0.25, -0.2) is 19.7 Å². The van der Waals surface area contributed by atoms with Gasteiger partial charge in [0.15, 0.2) is 11.2 Å². The van der Waals surface area contributed by atoms with Gasteiger partial charge in [0, 0.05) is 13.1 Å². The van der Waals surface area contributed by atoms with Gasteiger partial charge in [-0.2, -0.15) is 0 Å². The first-order chi connectivity index (χ1) is 28.4. The van der Waals surface area contributed by atoms with Crippen LogP contribution >= 0.6 is 0 Å². The van der Waals surface area contributed by atoms with Crippen molar-refractivity contribution < 1.29 is 29.0 Å². The van der Waals surface area contributed by atoms with Crippen molar-refractivity contribution in [2.24, 2.45) is 0 Å². The van der Waals surface area contributed by atoms with Gasteiger partial charge in [0.25, 0.3) is 23.6 Å². The number of nitrogens with zero attached hydrogens (tertiary/aromatic N) is 2. The SMILES string of the molecule is O=C1NCc2c3ccccc3c(c3ccccc23)CNC(=O)c2cccc(n2)C(=O)NCC23OOC(CNC(=O)c4cccc1n4)(c1ccccc12)c1ccccc13. The number of hydrogen-bond donors (Lipinski definition) is 4. The van der Waals surface area contributed by atoms with Crippen molar-refractivity contribution in [3.05, 3.63) is 190 Å². The molecule has 0 unspecified atom stereocenters. The van der Waals surface area contributed by atoms with Crippen molar-refractivity contribution in [3.8, 4) is 0 Å². The van der Waals surface area contributed by atoms with E-state index in [1.165, 1.54) is 0 Å². The number of hydrogen-bond acceptors (Lipinski definition) is 8.